The minimum atomic E-state index is -3.33. The zero-order chi connectivity index (χ0) is 32.0. The van der Waals surface area contributed by atoms with Crippen molar-refractivity contribution in [3.63, 3.8) is 0 Å². The molecule has 0 amide bonds. The molecular weight excluding hydrogens is 583 g/mol. The van der Waals surface area contributed by atoms with Crippen molar-refractivity contribution in [1.29, 1.82) is 0 Å². The summed E-state index contributed by atoms with van der Waals surface area (Å²) in [6, 6.07) is 21.0. The van der Waals surface area contributed by atoms with Crippen molar-refractivity contribution in [2.75, 3.05) is 6.61 Å². The summed E-state index contributed by atoms with van der Waals surface area (Å²) in [6.07, 6.45) is 2.89. The van der Waals surface area contributed by atoms with Crippen molar-refractivity contribution in [1.82, 2.24) is 0 Å². The number of aryl methyl sites for hydroxylation is 1. The van der Waals surface area contributed by atoms with E-state index in [4.69, 9.17) is 9.47 Å². The number of benzene rings is 4. The first-order chi connectivity index (χ1) is 21.7. The lowest BCUT2D eigenvalue weighted by molar-refractivity contribution is -0.277. The lowest BCUT2D eigenvalue weighted by atomic mass is 9.82. The monoisotopic (exact) mass is 622 g/mol. The zero-order valence-corrected chi connectivity index (χ0v) is 25.7. The second-order valence-corrected chi connectivity index (χ2v) is 11.8. The highest BCUT2D eigenvalue weighted by Gasteiger charge is 2.37. The second kappa shape index (κ2) is 14.6. The second-order valence-electron chi connectivity index (χ2n) is 11.8. The summed E-state index contributed by atoms with van der Waals surface area (Å²) in [5, 5.41) is 0. The average Bonchev–Trinajstić information content (AvgIpc) is 3.03. The molecule has 1 aliphatic carbocycles. The van der Waals surface area contributed by atoms with Crippen molar-refractivity contribution < 1.29 is 31.4 Å². The normalized spacial score (nSPS) is 17.0. The molecule has 0 atom stereocenters. The Morgan fingerprint density at radius 2 is 1.31 bits per heavy atom. The van der Waals surface area contributed by atoms with Gasteiger partial charge in [-0.2, -0.15) is 8.78 Å². The molecule has 238 valence electrons. The van der Waals surface area contributed by atoms with E-state index in [9.17, 15) is 17.6 Å². The molecule has 45 heavy (non-hydrogen) atoms. The van der Waals surface area contributed by atoms with E-state index in [2.05, 4.69) is 6.92 Å². The number of halogens is 5. The van der Waals surface area contributed by atoms with E-state index < -0.39 is 35.4 Å². The van der Waals surface area contributed by atoms with Crippen molar-refractivity contribution in [3.05, 3.63) is 113 Å². The molecule has 1 saturated carbocycles. The maximum absolute atomic E-state index is 15.1. The van der Waals surface area contributed by atoms with Gasteiger partial charge >= 0.3 is 6.11 Å². The highest BCUT2D eigenvalue weighted by atomic mass is 19.3. The van der Waals surface area contributed by atoms with Gasteiger partial charge in [0.2, 0.25) is 0 Å². The number of rotatable bonds is 12. The number of hydrogen-bond acceptors (Lipinski definition) is 2. The Morgan fingerprint density at radius 1 is 0.689 bits per heavy atom. The van der Waals surface area contributed by atoms with Crippen LogP contribution in [0.3, 0.4) is 0 Å². The van der Waals surface area contributed by atoms with Crippen LogP contribution in [0.4, 0.5) is 22.0 Å². The van der Waals surface area contributed by atoms with Gasteiger partial charge in [-0.25, -0.2) is 13.2 Å². The van der Waals surface area contributed by atoms with Crippen molar-refractivity contribution in [2.45, 2.75) is 83.3 Å². The lowest BCUT2D eigenvalue weighted by Crippen LogP contribution is -2.29. The Morgan fingerprint density at radius 3 is 1.91 bits per heavy atom. The highest BCUT2D eigenvalue weighted by Crippen LogP contribution is 2.40. The molecule has 1 fully saturated rings. The molecule has 0 aromatic heterocycles. The maximum Gasteiger partial charge on any atom is 0.383 e. The summed E-state index contributed by atoms with van der Waals surface area (Å²) in [6.45, 7) is 3.87. The van der Waals surface area contributed by atoms with Gasteiger partial charge < -0.3 is 9.47 Å². The lowest BCUT2D eigenvalue weighted by Gasteiger charge is -2.31. The summed E-state index contributed by atoms with van der Waals surface area (Å²) < 4.78 is 84.0. The van der Waals surface area contributed by atoms with Crippen LogP contribution in [-0.2, 0) is 17.3 Å². The van der Waals surface area contributed by atoms with Crippen LogP contribution in [0, 0.1) is 17.5 Å². The summed E-state index contributed by atoms with van der Waals surface area (Å²) in [5.41, 5.74) is 3.64. The maximum atomic E-state index is 15.1. The Hall–Kier alpha value is -3.71. The largest absolute Gasteiger partial charge is 0.488 e. The van der Waals surface area contributed by atoms with Gasteiger partial charge in [-0.05, 0) is 97.4 Å². The first-order valence-electron chi connectivity index (χ1n) is 15.9. The van der Waals surface area contributed by atoms with E-state index in [-0.39, 0.29) is 29.2 Å². The van der Waals surface area contributed by atoms with Crippen LogP contribution in [0.5, 0.6) is 5.75 Å². The molecule has 4 aromatic rings. The van der Waals surface area contributed by atoms with E-state index in [1.165, 1.54) is 24.3 Å². The van der Waals surface area contributed by atoms with Crippen LogP contribution in [0.25, 0.3) is 22.3 Å². The molecule has 0 spiro atoms. The van der Waals surface area contributed by atoms with Crippen LogP contribution in [0.2, 0.25) is 0 Å². The van der Waals surface area contributed by atoms with Crippen LogP contribution >= 0.6 is 0 Å². The first kappa shape index (κ1) is 32.7. The number of ether oxygens (including phenoxy) is 2. The molecule has 0 bridgehead atoms. The zero-order valence-electron chi connectivity index (χ0n) is 25.7. The van der Waals surface area contributed by atoms with E-state index in [1.54, 1.807) is 25.1 Å². The van der Waals surface area contributed by atoms with Gasteiger partial charge in [0.05, 0.1) is 18.3 Å². The van der Waals surface area contributed by atoms with Crippen molar-refractivity contribution in [3.8, 4) is 28.0 Å². The van der Waals surface area contributed by atoms with Crippen molar-refractivity contribution in [2.24, 2.45) is 0 Å². The Bertz CT molecular complexity index is 1540. The van der Waals surface area contributed by atoms with E-state index in [1.807, 2.05) is 24.3 Å². The Labute approximate surface area is 262 Å². The standard InChI is InChI=1S/C38H39F5O2/c1-3-5-6-7-25-8-17-31(18-9-25)38(42,43)45-32-19-14-27(15-20-32)26-10-12-28(13-11-26)29-16-21-33(34(39)22-29)30-23-35(40)37(44-4-2)36(41)24-30/h8-13,16-18,21-24,27,32H,3-7,14-15,19-20H2,1-2H3. The van der Waals surface area contributed by atoms with Gasteiger partial charge in [0.25, 0.3) is 0 Å². The molecular formula is C38H39F5O2. The van der Waals surface area contributed by atoms with Crippen LogP contribution in [0.1, 0.15) is 81.4 Å². The minimum absolute atomic E-state index is 0.0835. The van der Waals surface area contributed by atoms with Crippen LogP contribution in [0.15, 0.2) is 78.9 Å². The molecule has 5 rings (SSSR count). The third-order valence-electron chi connectivity index (χ3n) is 8.63. The third kappa shape index (κ3) is 7.93. The molecule has 0 saturated heterocycles. The molecule has 7 heteroatoms. The molecule has 0 radical (unpaired) electrons. The van der Waals surface area contributed by atoms with E-state index >= 15 is 4.39 Å². The SMILES string of the molecule is CCCCCc1ccc(C(F)(F)OC2CCC(c3ccc(-c4ccc(-c5cc(F)c(OCC)c(F)c5)c(F)c4)cc3)CC2)cc1. The molecule has 0 heterocycles. The number of alkyl halides is 2. The smallest absolute Gasteiger partial charge is 0.383 e. The predicted molar refractivity (Wildman–Crippen MR) is 168 cm³/mol. The summed E-state index contributed by atoms with van der Waals surface area (Å²) in [5.74, 6) is -2.63. The van der Waals surface area contributed by atoms with Crippen molar-refractivity contribution >= 4 is 0 Å². The highest BCUT2D eigenvalue weighted by molar-refractivity contribution is 5.71. The molecule has 2 nitrogen and oxygen atoms in total. The quantitative estimate of drug-likeness (QED) is 0.116. The average molecular weight is 623 g/mol. The molecule has 4 aromatic carbocycles. The van der Waals surface area contributed by atoms with Crippen LogP contribution in [-0.4, -0.2) is 12.7 Å². The van der Waals surface area contributed by atoms with E-state index in [0.717, 1.165) is 67.3 Å². The Kier molecular flexibility index (Phi) is 10.6. The topological polar surface area (TPSA) is 18.5 Å². The fourth-order valence-electron chi connectivity index (χ4n) is 6.11. The Balaban J connectivity index is 1.17. The molecule has 1 aliphatic rings. The van der Waals surface area contributed by atoms with Crippen LogP contribution < -0.4 is 4.74 Å². The summed E-state index contributed by atoms with van der Waals surface area (Å²) in [7, 11) is 0. The predicted octanol–water partition coefficient (Wildman–Crippen LogP) is 11.4. The van der Waals surface area contributed by atoms with Gasteiger partial charge in [0.1, 0.15) is 5.82 Å². The van der Waals surface area contributed by atoms with Gasteiger partial charge in [-0.15, -0.1) is 0 Å². The van der Waals surface area contributed by atoms with Gasteiger partial charge in [0, 0.05) is 5.56 Å². The molecule has 0 N–H and O–H groups in total. The fraction of sp³-hybridized carbons (Fsp3) is 0.368. The van der Waals surface area contributed by atoms with Gasteiger partial charge in [0.15, 0.2) is 17.4 Å². The molecule has 0 unspecified atom stereocenters. The third-order valence-corrected chi connectivity index (χ3v) is 8.63. The first-order valence-corrected chi connectivity index (χ1v) is 15.9. The number of hydrogen-bond donors (Lipinski definition) is 0. The van der Waals surface area contributed by atoms with Gasteiger partial charge in [-0.3, -0.25) is 0 Å². The van der Waals surface area contributed by atoms with E-state index in [0.29, 0.717) is 18.4 Å². The fourth-order valence-corrected chi connectivity index (χ4v) is 6.11. The number of unbranched alkanes of at least 4 members (excludes halogenated alkanes) is 2. The minimum Gasteiger partial charge on any atom is -0.488 e. The summed E-state index contributed by atoms with van der Waals surface area (Å²) >= 11 is 0. The summed E-state index contributed by atoms with van der Waals surface area (Å²) in [4.78, 5) is 0. The van der Waals surface area contributed by atoms with Gasteiger partial charge in [-0.1, -0.05) is 80.4 Å². The molecule has 0 aliphatic heterocycles.